The minimum Gasteiger partial charge on any atom is -0.426 e. The molecule has 0 aliphatic rings. The molecule has 0 atom stereocenters. The van der Waals surface area contributed by atoms with Crippen LogP contribution in [-0.2, 0) is 21.1 Å². The Labute approximate surface area is 169 Å². The van der Waals surface area contributed by atoms with Gasteiger partial charge in [-0.2, -0.15) is 0 Å². The number of aryl methyl sites for hydroxylation is 2. The lowest BCUT2D eigenvalue weighted by molar-refractivity contribution is -0.131. The Bertz CT molecular complexity index is 1190. The molecule has 3 rings (SSSR count). The van der Waals surface area contributed by atoms with Gasteiger partial charge in [0.1, 0.15) is 5.75 Å². The first-order chi connectivity index (χ1) is 13.1. The second-order valence-corrected chi connectivity index (χ2v) is 9.18. The number of fused-ring (bicyclic) bond motifs is 1. The molecule has 2 aromatic carbocycles. The summed E-state index contributed by atoms with van der Waals surface area (Å²) in [5.41, 5.74) is 4.27. The highest BCUT2D eigenvalue weighted by Crippen LogP contribution is 2.36. The van der Waals surface area contributed by atoms with Crippen LogP contribution in [0, 0.1) is 13.8 Å². The van der Waals surface area contributed by atoms with Gasteiger partial charge in [-0.25, -0.2) is 8.42 Å². The lowest BCUT2D eigenvalue weighted by Crippen LogP contribution is -2.05. The molecule has 0 unspecified atom stereocenters. The zero-order chi connectivity index (χ0) is 20.6. The zero-order valence-corrected chi connectivity index (χ0v) is 17.6. The maximum absolute atomic E-state index is 11.7. The molecule has 146 valence electrons. The van der Waals surface area contributed by atoms with E-state index in [0.717, 1.165) is 22.4 Å². The number of benzene rings is 2. The Morgan fingerprint density at radius 3 is 2.32 bits per heavy atom. The summed E-state index contributed by atoms with van der Waals surface area (Å²) in [6.07, 6.45) is 1.75. The van der Waals surface area contributed by atoms with Crippen molar-refractivity contribution in [1.29, 1.82) is 0 Å². The maximum atomic E-state index is 11.7. The summed E-state index contributed by atoms with van der Waals surface area (Å²) >= 11 is 6.32. The fraction of sp³-hybridized carbons (Fsp3) is 0.238. The van der Waals surface area contributed by atoms with Gasteiger partial charge in [0.25, 0.3) is 0 Å². The second-order valence-electron chi connectivity index (χ2n) is 6.76. The van der Waals surface area contributed by atoms with Gasteiger partial charge in [-0.05, 0) is 61.2 Å². The minimum absolute atomic E-state index is 0.283. The number of ether oxygens (including phenoxy) is 1. The molecule has 0 aliphatic carbocycles. The van der Waals surface area contributed by atoms with Crippen LogP contribution in [0.15, 0.2) is 41.3 Å². The number of nitrogens with zero attached hydrogens (tertiary/aromatic N) is 1. The zero-order valence-electron chi connectivity index (χ0n) is 16.0. The van der Waals surface area contributed by atoms with Gasteiger partial charge < -0.3 is 4.74 Å². The van der Waals surface area contributed by atoms with Gasteiger partial charge in [-0.3, -0.25) is 9.78 Å². The highest BCUT2D eigenvalue weighted by molar-refractivity contribution is 7.90. The van der Waals surface area contributed by atoms with E-state index in [0.29, 0.717) is 28.1 Å². The summed E-state index contributed by atoms with van der Waals surface area (Å²) in [5, 5.41) is 1.19. The molecule has 5 nitrogen and oxygen atoms in total. The van der Waals surface area contributed by atoms with Crippen molar-refractivity contribution in [1.82, 2.24) is 4.98 Å². The molecule has 0 bridgehead atoms. The van der Waals surface area contributed by atoms with E-state index in [4.69, 9.17) is 16.3 Å². The highest BCUT2D eigenvalue weighted by Gasteiger charge is 2.17. The van der Waals surface area contributed by atoms with Crippen LogP contribution in [0.4, 0.5) is 0 Å². The van der Waals surface area contributed by atoms with Crippen molar-refractivity contribution >= 4 is 38.3 Å². The van der Waals surface area contributed by atoms with E-state index in [9.17, 15) is 13.2 Å². The van der Waals surface area contributed by atoms with Crippen LogP contribution in [0.1, 0.15) is 29.3 Å². The fourth-order valence-corrected chi connectivity index (χ4v) is 4.07. The Balaban J connectivity index is 2.12. The van der Waals surface area contributed by atoms with Gasteiger partial charge in [0.15, 0.2) is 9.84 Å². The van der Waals surface area contributed by atoms with Crippen molar-refractivity contribution in [3.8, 4) is 5.75 Å². The molecule has 3 aromatic rings. The fourth-order valence-electron chi connectivity index (χ4n) is 3.24. The molecule has 0 saturated heterocycles. The number of sulfone groups is 1. The topological polar surface area (TPSA) is 73.3 Å². The standard InChI is InChI=1S/C21H20ClNO4S/c1-12-17(11-15-5-7-16(8-6-15)28(4,25)26)13(2)23-21-18(22)9-10-19(20(12)21)27-14(3)24/h5-10H,11H2,1-4H3. The number of carbonyl (C=O) groups is 1. The van der Waals surface area contributed by atoms with Crippen molar-refractivity contribution in [2.24, 2.45) is 0 Å². The molecule has 1 aromatic heterocycles. The van der Waals surface area contributed by atoms with E-state index in [1.807, 2.05) is 13.8 Å². The summed E-state index contributed by atoms with van der Waals surface area (Å²) in [4.78, 5) is 16.4. The van der Waals surface area contributed by atoms with Gasteiger partial charge in [-0.15, -0.1) is 0 Å². The Morgan fingerprint density at radius 2 is 1.75 bits per heavy atom. The van der Waals surface area contributed by atoms with Crippen molar-refractivity contribution in [3.05, 3.63) is 63.8 Å². The molecular formula is C21H20ClNO4S. The first kappa shape index (κ1) is 20.3. The van der Waals surface area contributed by atoms with E-state index in [-0.39, 0.29) is 4.90 Å². The third kappa shape index (κ3) is 4.03. The van der Waals surface area contributed by atoms with Crippen LogP contribution in [0.2, 0.25) is 5.02 Å². The molecule has 0 spiro atoms. The molecule has 1 heterocycles. The Kier molecular flexibility index (Phi) is 5.46. The van der Waals surface area contributed by atoms with E-state index in [1.165, 1.54) is 13.2 Å². The molecule has 0 aliphatic heterocycles. The number of carbonyl (C=O) groups excluding carboxylic acids is 1. The van der Waals surface area contributed by atoms with Crippen molar-refractivity contribution < 1.29 is 17.9 Å². The third-order valence-electron chi connectivity index (χ3n) is 4.62. The predicted octanol–water partition coefficient (Wildman–Crippen LogP) is 4.42. The average molecular weight is 418 g/mol. The monoisotopic (exact) mass is 417 g/mol. The van der Waals surface area contributed by atoms with E-state index < -0.39 is 15.8 Å². The number of aromatic nitrogens is 1. The summed E-state index contributed by atoms with van der Waals surface area (Å²) < 4.78 is 28.7. The van der Waals surface area contributed by atoms with Gasteiger partial charge in [-0.1, -0.05) is 23.7 Å². The molecule has 0 N–H and O–H groups in total. The van der Waals surface area contributed by atoms with Crippen molar-refractivity contribution in [2.75, 3.05) is 6.26 Å². The van der Waals surface area contributed by atoms with Crippen LogP contribution >= 0.6 is 11.6 Å². The number of hydrogen-bond donors (Lipinski definition) is 0. The number of esters is 1. The molecular weight excluding hydrogens is 398 g/mol. The summed E-state index contributed by atoms with van der Waals surface area (Å²) in [6.45, 7) is 5.20. The van der Waals surface area contributed by atoms with Crippen LogP contribution < -0.4 is 4.74 Å². The van der Waals surface area contributed by atoms with Crippen LogP contribution in [-0.4, -0.2) is 25.6 Å². The SMILES string of the molecule is CC(=O)Oc1ccc(Cl)c2nc(C)c(Cc3ccc(S(C)(=O)=O)cc3)c(C)c12. The lowest BCUT2D eigenvalue weighted by Gasteiger charge is -2.16. The minimum atomic E-state index is -3.23. The van der Waals surface area contributed by atoms with E-state index in [1.54, 1.807) is 36.4 Å². The summed E-state index contributed by atoms with van der Waals surface area (Å²) in [6, 6.07) is 10.1. The molecule has 0 saturated carbocycles. The van der Waals surface area contributed by atoms with Crippen LogP contribution in [0.25, 0.3) is 10.9 Å². The van der Waals surface area contributed by atoms with E-state index >= 15 is 0 Å². The van der Waals surface area contributed by atoms with Gasteiger partial charge in [0.05, 0.1) is 15.4 Å². The van der Waals surface area contributed by atoms with Crippen molar-refractivity contribution in [3.63, 3.8) is 0 Å². The lowest BCUT2D eigenvalue weighted by atomic mass is 9.96. The second kappa shape index (κ2) is 7.53. The number of pyridine rings is 1. The van der Waals surface area contributed by atoms with Gasteiger partial charge >= 0.3 is 5.97 Å². The first-order valence-corrected chi connectivity index (χ1v) is 10.9. The molecule has 7 heteroatoms. The summed E-state index contributed by atoms with van der Waals surface area (Å²) in [5.74, 6) is 0.00656. The van der Waals surface area contributed by atoms with Crippen LogP contribution in [0.3, 0.4) is 0 Å². The number of hydrogen-bond acceptors (Lipinski definition) is 5. The smallest absolute Gasteiger partial charge is 0.308 e. The van der Waals surface area contributed by atoms with Crippen molar-refractivity contribution in [2.45, 2.75) is 32.1 Å². The van der Waals surface area contributed by atoms with Crippen LogP contribution in [0.5, 0.6) is 5.75 Å². The van der Waals surface area contributed by atoms with Gasteiger partial charge in [0.2, 0.25) is 0 Å². The maximum Gasteiger partial charge on any atom is 0.308 e. The molecule has 0 fully saturated rings. The van der Waals surface area contributed by atoms with Gasteiger partial charge in [0, 0.05) is 24.3 Å². The number of rotatable bonds is 4. The highest BCUT2D eigenvalue weighted by atomic mass is 35.5. The normalized spacial score (nSPS) is 11.6. The first-order valence-electron chi connectivity index (χ1n) is 8.63. The molecule has 0 radical (unpaired) electrons. The number of halogens is 1. The molecule has 0 amide bonds. The Morgan fingerprint density at radius 1 is 1.11 bits per heavy atom. The van der Waals surface area contributed by atoms with E-state index in [2.05, 4.69) is 4.98 Å². The molecule has 28 heavy (non-hydrogen) atoms. The largest absolute Gasteiger partial charge is 0.426 e. The average Bonchev–Trinajstić information content (AvgIpc) is 2.60. The quantitative estimate of drug-likeness (QED) is 0.464. The Hall–Kier alpha value is -2.44. The predicted molar refractivity (Wildman–Crippen MR) is 110 cm³/mol. The third-order valence-corrected chi connectivity index (χ3v) is 6.05. The summed E-state index contributed by atoms with van der Waals surface area (Å²) in [7, 11) is -3.23.